The molecule has 1 heterocycles. The van der Waals surface area contributed by atoms with Crippen molar-refractivity contribution in [2.75, 3.05) is 20.1 Å². The fraction of sp³-hybridized carbons (Fsp3) is 0.455. The normalized spacial score (nSPS) is 27.3. The summed E-state index contributed by atoms with van der Waals surface area (Å²) in [4.78, 5) is 2.29. The van der Waals surface area contributed by atoms with Crippen LogP contribution < -0.4 is 5.73 Å². The lowest BCUT2D eigenvalue weighted by Gasteiger charge is -2.13. The Morgan fingerprint density at radius 3 is 2.36 bits per heavy atom. The van der Waals surface area contributed by atoms with Crippen LogP contribution in [-0.2, 0) is 0 Å². The minimum atomic E-state index is 0. The second-order valence-corrected chi connectivity index (χ2v) is 3.90. The Bertz CT molecular complexity index is 276. The van der Waals surface area contributed by atoms with E-state index in [1.807, 2.05) is 6.07 Å². The van der Waals surface area contributed by atoms with Crippen molar-refractivity contribution in [3.05, 3.63) is 35.9 Å². The molecule has 2 rings (SSSR count). The molecular weight excluding hydrogens is 196 g/mol. The van der Waals surface area contributed by atoms with Crippen molar-refractivity contribution in [2.24, 2.45) is 5.73 Å². The molecule has 2 nitrogen and oxygen atoms in total. The van der Waals surface area contributed by atoms with Crippen LogP contribution in [0.15, 0.2) is 30.3 Å². The van der Waals surface area contributed by atoms with Crippen LogP contribution in [0.1, 0.15) is 11.5 Å². The lowest BCUT2D eigenvalue weighted by Crippen LogP contribution is -2.27. The quantitative estimate of drug-likeness (QED) is 0.764. The maximum atomic E-state index is 6.06. The topological polar surface area (TPSA) is 29.3 Å². The molecule has 2 atom stereocenters. The molecule has 2 N–H and O–H groups in total. The van der Waals surface area contributed by atoms with Crippen LogP contribution in [0.5, 0.6) is 0 Å². The highest BCUT2D eigenvalue weighted by molar-refractivity contribution is 5.85. The molecule has 0 aliphatic carbocycles. The third kappa shape index (κ3) is 2.27. The monoisotopic (exact) mass is 212 g/mol. The SMILES string of the molecule is CN1CC(c2ccccc2)[C@@H](N)C1.Cl. The molecule has 1 aliphatic rings. The minimum Gasteiger partial charge on any atom is -0.326 e. The Hall–Kier alpha value is -0.570. The number of likely N-dealkylation sites (N-methyl/N-ethyl adjacent to an activating group) is 1. The van der Waals surface area contributed by atoms with Crippen LogP contribution in [0.4, 0.5) is 0 Å². The first-order valence-corrected chi connectivity index (χ1v) is 4.76. The molecule has 3 heteroatoms. The molecule has 0 aromatic heterocycles. The van der Waals surface area contributed by atoms with E-state index in [0.29, 0.717) is 12.0 Å². The predicted octanol–water partition coefficient (Wildman–Crippen LogP) is 1.46. The molecule has 1 fully saturated rings. The second kappa shape index (κ2) is 4.78. The molecule has 14 heavy (non-hydrogen) atoms. The van der Waals surface area contributed by atoms with Crippen molar-refractivity contribution in [1.29, 1.82) is 0 Å². The first-order valence-electron chi connectivity index (χ1n) is 4.76. The summed E-state index contributed by atoms with van der Waals surface area (Å²) in [6.07, 6.45) is 0. The molecule has 1 unspecified atom stereocenters. The maximum absolute atomic E-state index is 6.06. The molecule has 1 saturated heterocycles. The molecule has 0 bridgehead atoms. The van der Waals surface area contributed by atoms with Crippen LogP contribution in [0.2, 0.25) is 0 Å². The van der Waals surface area contributed by atoms with E-state index >= 15 is 0 Å². The van der Waals surface area contributed by atoms with E-state index in [2.05, 4.69) is 36.2 Å². The summed E-state index contributed by atoms with van der Waals surface area (Å²) in [5, 5.41) is 0. The van der Waals surface area contributed by atoms with E-state index in [9.17, 15) is 0 Å². The number of likely N-dealkylation sites (tertiary alicyclic amines) is 1. The van der Waals surface area contributed by atoms with E-state index in [1.165, 1.54) is 5.56 Å². The van der Waals surface area contributed by atoms with Crippen molar-refractivity contribution in [2.45, 2.75) is 12.0 Å². The van der Waals surface area contributed by atoms with Gasteiger partial charge in [-0.1, -0.05) is 30.3 Å². The number of nitrogens with zero attached hydrogens (tertiary/aromatic N) is 1. The molecule has 0 radical (unpaired) electrons. The molecule has 0 amide bonds. The van der Waals surface area contributed by atoms with Crippen LogP contribution in [-0.4, -0.2) is 31.1 Å². The molecule has 0 spiro atoms. The number of halogens is 1. The van der Waals surface area contributed by atoms with Gasteiger partial charge < -0.3 is 10.6 Å². The van der Waals surface area contributed by atoms with E-state index in [-0.39, 0.29) is 12.4 Å². The largest absolute Gasteiger partial charge is 0.326 e. The lowest BCUT2D eigenvalue weighted by atomic mass is 9.95. The number of hydrogen-bond donors (Lipinski definition) is 1. The first-order chi connectivity index (χ1) is 6.27. The Balaban J connectivity index is 0.000000980. The van der Waals surface area contributed by atoms with Crippen LogP contribution in [0.3, 0.4) is 0 Å². The average molecular weight is 213 g/mol. The van der Waals surface area contributed by atoms with Crippen molar-refractivity contribution in [3.8, 4) is 0 Å². The summed E-state index contributed by atoms with van der Waals surface area (Å²) in [6, 6.07) is 10.9. The van der Waals surface area contributed by atoms with E-state index in [4.69, 9.17) is 5.73 Å². The van der Waals surface area contributed by atoms with Crippen molar-refractivity contribution >= 4 is 12.4 Å². The van der Waals surface area contributed by atoms with Gasteiger partial charge in [0.05, 0.1) is 0 Å². The Morgan fingerprint density at radius 1 is 1.21 bits per heavy atom. The third-order valence-electron chi connectivity index (χ3n) is 2.78. The van der Waals surface area contributed by atoms with Gasteiger partial charge in [0.2, 0.25) is 0 Å². The van der Waals surface area contributed by atoms with E-state index in [1.54, 1.807) is 0 Å². The molecule has 0 saturated carbocycles. The van der Waals surface area contributed by atoms with E-state index < -0.39 is 0 Å². The lowest BCUT2D eigenvalue weighted by molar-refractivity contribution is 0.407. The van der Waals surface area contributed by atoms with Crippen LogP contribution in [0, 0.1) is 0 Å². The van der Waals surface area contributed by atoms with Gasteiger partial charge in [-0.2, -0.15) is 0 Å². The van der Waals surface area contributed by atoms with Crippen molar-refractivity contribution < 1.29 is 0 Å². The first kappa shape index (κ1) is 11.5. The number of rotatable bonds is 1. The fourth-order valence-electron chi connectivity index (χ4n) is 2.09. The summed E-state index contributed by atoms with van der Waals surface area (Å²) >= 11 is 0. The maximum Gasteiger partial charge on any atom is 0.0249 e. The summed E-state index contributed by atoms with van der Waals surface area (Å²) in [7, 11) is 2.13. The Morgan fingerprint density at radius 2 is 1.86 bits per heavy atom. The smallest absolute Gasteiger partial charge is 0.0249 e. The number of benzene rings is 1. The molecule has 1 aromatic rings. The Labute approximate surface area is 91.5 Å². The average Bonchev–Trinajstić information content (AvgIpc) is 2.47. The van der Waals surface area contributed by atoms with Crippen LogP contribution >= 0.6 is 12.4 Å². The zero-order chi connectivity index (χ0) is 9.26. The van der Waals surface area contributed by atoms with Gasteiger partial charge >= 0.3 is 0 Å². The standard InChI is InChI=1S/C11H16N2.ClH/c1-13-7-10(11(12)8-13)9-5-3-2-4-6-9;/h2-6,10-11H,7-8,12H2,1H3;1H/t10?,11-;/m0./s1. The van der Waals surface area contributed by atoms with Crippen molar-refractivity contribution in [1.82, 2.24) is 4.90 Å². The van der Waals surface area contributed by atoms with Gasteiger partial charge in [-0.3, -0.25) is 0 Å². The number of hydrogen-bond acceptors (Lipinski definition) is 2. The van der Waals surface area contributed by atoms with Gasteiger partial charge in [-0.05, 0) is 12.6 Å². The predicted molar refractivity (Wildman–Crippen MR) is 61.9 cm³/mol. The zero-order valence-corrected chi connectivity index (χ0v) is 9.20. The molecule has 1 aromatic carbocycles. The molecule has 78 valence electrons. The highest BCUT2D eigenvalue weighted by Crippen LogP contribution is 2.24. The second-order valence-electron chi connectivity index (χ2n) is 3.90. The molecule has 1 aliphatic heterocycles. The van der Waals surface area contributed by atoms with Gasteiger partial charge in [-0.25, -0.2) is 0 Å². The zero-order valence-electron chi connectivity index (χ0n) is 8.39. The van der Waals surface area contributed by atoms with Gasteiger partial charge in [-0.15, -0.1) is 12.4 Å². The highest BCUT2D eigenvalue weighted by Gasteiger charge is 2.28. The summed E-state index contributed by atoms with van der Waals surface area (Å²) in [5.74, 6) is 0.520. The van der Waals surface area contributed by atoms with E-state index in [0.717, 1.165) is 13.1 Å². The highest BCUT2D eigenvalue weighted by atomic mass is 35.5. The number of nitrogens with two attached hydrogens (primary N) is 1. The van der Waals surface area contributed by atoms with Crippen LogP contribution in [0.25, 0.3) is 0 Å². The van der Waals surface area contributed by atoms with Gasteiger partial charge in [0.15, 0.2) is 0 Å². The minimum absolute atomic E-state index is 0. The van der Waals surface area contributed by atoms with Gasteiger partial charge in [0, 0.05) is 25.0 Å². The van der Waals surface area contributed by atoms with Gasteiger partial charge in [0.1, 0.15) is 0 Å². The van der Waals surface area contributed by atoms with Gasteiger partial charge in [0.25, 0.3) is 0 Å². The molecular formula is C11H17ClN2. The summed E-state index contributed by atoms with van der Waals surface area (Å²) in [5.41, 5.74) is 7.43. The third-order valence-corrected chi connectivity index (χ3v) is 2.78. The summed E-state index contributed by atoms with van der Waals surface area (Å²) < 4.78 is 0. The van der Waals surface area contributed by atoms with Crippen molar-refractivity contribution in [3.63, 3.8) is 0 Å². The Kier molecular flexibility index (Phi) is 3.93. The fourth-order valence-corrected chi connectivity index (χ4v) is 2.09. The summed E-state index contributed by atoms with van der Waals surface area (Å²) in [6.45, 7) is 2.10.